The van der Waals surface area contributed by atoms with E-state index in [1.807, 2.05) is 0 Å². The molecule has 0 aromatic carbocycles. The molecule has 1 aromatic heterocycles. The number of likely N-dealkylation sites (N-methyl/N-ethyl adjacent to an activating group) is 1. The van der Waals surface area contributed by atoms with Crippen LogP contribution in [-0.4, -0.2) is 47.6 Å². The zero-order valence-electron chi connectivity index (χ0n) is 9.52. The van der Waals surface area contributed by atoms with Crippen molar-refractivity contribution in [2.75, 3.05) is 37.3 Å². The van der Waals surface area contributed by atoms with Gasteiger partial charge in [-0.15, -0.1) is 0 Å². The normalized spacial score (nSPS) is 22.4. The summed E-state index contributed by atoms with van der Waals surface area (Å²) in [7, 11) is 2.14. The zero-order chi connectivity index (χ0) is 11.7. The molecule has 16 heavy (non-hydrogen) atoms. The summed E-state index contributed by atoms with van der Waals surface area (Å²) in [5.41, 5.74) is 5.75. The maximum atomic E-state index is 5.75. The summed E-state index contributed by atoms with van der Waals surface area (Å²) in [6, 6.07) is 0.525. The first-order valence-corrected chi connectivity index (χ1v) is 6.10. The number of aromatic nitrogens is 2. The lowest BCUT2D eigenvalue weighted by molar-refractivity contribution is 0.233. The molecule has 1 aliphatic rings. The van der Waals surface area contributed by atoms with Gasteiger partial charge in [0, 0.05) is 25.7 Å². The lowest BCUT2D eigenvalue weighted by atomic mass is 10.2. The third kappa shape index (κ3) is 2.12. The number of halogens is 1. The Balaban J connectivity index is 2.22. The topological polar surface area (TPSA) is 58.3 Å². The monoisotopic (exact) mass is 285 g/mol. The molecule has 1 fully saturated rings. The molecule has 1 aromatic rings. The fourth-order valence-electron chi connectivity index (χ4n) is 1.83. The van der Waals surface area contributed by atoms with Crippen LogP contribution in [0.1, 0.15) is 6.92 Å². The van der Waals surface area contributed by atoms with Crippen LogP contribution in [0, 0.1) is 0 Å². The summed E-state index contributed by atoms with van der Waals surface area (Å²) in [6.45, 7) is 5.18. The first kappa shape index (κ1) is 11.6. The number of nitrogens with zero attached hydrogens (tertiary/aromatic N) is 4. The molecule has 1 saturated heterocycles. The van der Waals surface area contributed by atoms with Crippen molar-refractivity contribution < 1.29 is 0 Å². The van der Waals surface area contributed by atoms with Crippen LogP contribution in [0.4, 0.5) is 11.6 Å². The second-order valence-corrected chi connectivity index (χ2v) is 4.97. The zero-order valence-corrected chi connectivity index (χ0v) is 11.1. The Labute approximate surface area is 104 Å². The number of nitrogens with two attached hydrogens (primary N) is 1. The second kappa shape index (κ2) is 4.55. The predicted octanol–water partition coefficient (Wildman–Crippen LogP) is 0.962. The highest BCUT2D eigenvalue weighted by atomic mass is 79.9. The Bertz CT molecular complexity index is 383. The molecule has 88 valence electrons. The summed E-state index contributed by atoms with van der Waals surface area (Å²) in [5, 5.41) is 0. The van der Waals surface area contributed by atoms with Gasteiger partial charge < -0.3 is 15.5 Å². The Morgan fingerprint density at radius 3 is 2.88 bits per heavy atom. The molecule has 0 amide bonds. The molecule has 6 heteroatoms. The van der Waals surface area contributed by atoms with Crippen molar-refractivity contribution in [3.05, 3.63) is 10.8 Å². The van der Waals surface area contributed by atoms with Gasteiger partial charge in [-0.1, -0.05) is 0 Å². The van der Waals surface area contributed by atoms with Gasteiger partial charge in [-0.2, -0.15) is 0 Å². The van der Waals surface area contributed by atoms with Gasteiger partial charge >= 0.3 is 0 Å². The van der Waals surface area contributed by atoms with Crippen molar-refractivity contribution in [1.82, 2.24) is 14.9 Å². The van der Waals surface area contributed by atoms with Crippen LogP contribution in [0.25, 0.3) is 0 Å². The minimum absolute atomic E-state index is 0.497. The average molecular weight is 286 g/mol. The highest BCUT2D eigenvalue weighted by Gasteiger charge is 2.23. The van der Waals surface area contributed by atoms with E-state index in [1.165, 1.54) is 6.33 Å². The third-order valence-corrected chi connectivity index (χ3v) is 3.82. The van der Waals surface area contributed by atoms with E-state index in [1.54, 1.807) is 0 Å². The predicted molar refractivity (Wildman–Crippen MR) is 68.4 cm³/mol. The van der Waals surface area contributed by atoms with Crippen molar-refractivity contribution in [2.24, 2.45) is 0 Å². The van der Waals surface area contributed by atoms with Crippen molar-refractivity contribution in [2.45, 2.75) is 13.0 Å². The third-order valence-electron chi connectivity index (χ3n) is 3.06. The number of anilines is 2. The minimum Gasteiger partial charge on any atom is -0.383 e. The standard InChI is InChI=1S/C10H16BrN5/c1-7-5-16(4-3-15(7)2)10-8(11)9(12)13-6-14-10/h6-7H,3-5H2,1-2H3,(H2,12,13,14). The number of hydrogen-bond donors (Lipinski definition) is 1. The van der Waals surface area contributed by atoms with Crippen molar-refractivity contribution >= 4 is 27.6 Å². The van der Waals surface area contributed by atoms with Gasteiger partial charge in [0.15, 0.2) is 0 Å². The average Bonchev–Trinajstić information content (AvgIpc) is 2.26. The molecule has 1 unspecified atom stereocenters. The van der Waals surface area contributed by atoms with Crippen molar-refractivity contribution in [1.29, 1.82) is 0 Å². The molecule has 2 rings (SSSR count). The summed E-state index contributed by atoms with van der Waals surface area (Å²) in [6.07, 6.45) is 1.51. The van der Waals surface area contributed by atoms with Crippen LogP contribution in [0.15, 0.2) is 10.8 Å². The van der Waals surface area contributed by atoms with Crippen molar-refractivity contribution in [3.8, 4) is 0 Å². The first-order valence-electron chi connectivity index (χ1n) is 5.30. The summed E-state index contributed by atoms with van der Waals surface area (Å²) >= 11 is 3.45. The van der Waals surface area contributed by atoms with E-state index in [2.05, 4.69) is 49.7 Å². The van der Waals surface area contributed by atoms with Gasteiger partial charge in [0.1, 0.15) is 22.4 Å². The summed E-state index contributed by atoms with van der Waals surface area (Å²) < 4.78 is 0.798. The molecule has 2 heterocycles. The quantitative estimate of drug-likeness (QED) is 0.833. The van der Waals surface area contributed by atoms with E-state index in [-0.39, 0.29) is 0 Å². The molecule has 5 nitrogen and oxygen atoms in total. The van der Waals surface area contributed by atoms with Gasteiger partial charge in [-0.05, 0) is 29.9 Å². The van der Waals surface area contributed by atoms with Crippen LogP contribution in [0.2, 0.25) is 0 Å². The fourth-order valence-corrected chi connectivity index (χ4v) is 2.29. The van der Waals surface area contributed by atoms with Crippen LogP contribution in [0.5, 0.6) is 0 Å². The Kier molecular flexibility index (Phi) is 3.30. The van der Waals surface area contributed by atoms with Crippen LogP contribution in [-0.2, 0) is 0 Å². The lowest BCUT2D eigenvalue weighted by Crippen LogP contribution is -2.50. The molecule has 2 N–H and O–H groups in total. The molecular weight excluding hydrogens is 270 g/mol. The SMILES string of the molecule is CC1CN(c2ncnc(N)c2Br)CCN1C. The highest BCUT2D eigenvalue weighted by molar-refractivity contribution is 9.10. The summed E-state index contributed by atoms with van der Waals surface area (Å²) in [5.74, 6) is 1.39. The van der Waals surface area contributed by atoms with E-state index < -0.39 is 0 Å². The molecule has 1 aliphatic heterocycles. The van der Waals surface area contributed by atoms with E-state index in [9.17, 15) is 0 Å². The van der Waals surface area contributed by atoms with Crippen molar-refractivity contribution in [3.63, 3.8) is 0 Å². The van der Waals surface area contributed by atoms with Gasteiger partial charge in [-0.25, -0.2) is 9.97 Å². The summed E-state index contributed by atoms with van der Waals surface area (Å²) in [4.78, 5) is 12.8. The second-order valence-electron chi connectivity index (χ2n) is 4.17. The number of rotatable bonds is 1. The number of nitrogen functional groups attached to an aromatic ring is 1. The van der Waals surface area contributed by atoms with E-state index in [0.29, 0.717) is 11.9 Å². The van der Waals surface area contributed by atoms with Gasteiger partial charge in [0.2, 0.25) is 0 Å². The smallest absolute Gasteiger partial charge is 0.148 e. The minimum atomic E-state index is 0.497. The molecule has 0 radical (unpaired) electrons. The van der Waals surface area contributed by atoms with Gasteiger partial charge in [0.25, 0.3) is 0 Å². The molecule has 0 bridgehead atoms. The Morgan fingerprint density at radius 2 is 2.19 bits per heavy atom. The van der Waals surface area contributed by atoms with E-state index in [0.717, 1.165) is 29.9 Å². The molecule has 0 aliphatic carbocycles. The number of hydrogen-bond acceptors (Lipinski definition) is 5. The van der Waals surface area contributed by atoms with Gasteiger partial charge in [0.05, 0.1) is 0 Å². The van der Waals surface area contributed by atoms with Gasteiger partial charge in [-0.3, -0.25) is 0 Å². The largest absolute Gasteiger partial charge is 0.383 e. The first-order chi connectivity index (χ1) is 7.59. The van der Waals surface area contributed by atoms with Crippen LogP contribution >= 0.6 is 15.9 Å². The maximum absolute atomic E-state index is 5.75. The fraction of sp³-hybridized carbons (Fsp3) is 0.600. The molecular formula is C10H16BrN5. The molecule has 1 atom stereocenters. The maximum Gasteiger partial charge on any atom is 0.148 e. The molecule has 0 spiro atoms. The van der Waals surface area contributed by atoms with E-state index in [4.69, 9.17) is 5.73 Å². The highest BCUT2D eigenvalue weighted by Crippen LogP contribution is 2.28. The molecule has 0 saturated carbocycles. The lowest BCUT2D eigenvalue weighted by Gasteiger charge is -2.38. The van der Waals surface area contributed by atoms with Crippen LogP contribution in [0.3, 0.4) is 0 Å². The number of piperazine rings is 1. The Hall–Kier alpha value is -0.880. The van der Waals surface area contributed by atoms with Crippen LogP contribution < -0.4 is 10.6 Å². The Morgan fingerprint density at radius 1 is 1.44 bits per heavy atom. The van der Waals surface area contributed by atoms with E-state index >= 15 is 0 Å².